The minimum Gasteiger partial charge on any atom is -0.358 e. The number of hydrogen-bond acceptors (Lipinski definition) is 4. The van der Waals surface area contributed by atoms with E-state index in [1.54, 1.807) is 0 Å². The number of hydrogen-bond donors (Lipinski definition) is 2. The van der Waals surface area contributed by atoms with Crippen LogP contribution in [0.3, 0.4) is 0 Å². The Balaban J connectivity index is -0.000000119. The number of rotatable bonds is 6. The van der Waals surface area contributed by atoms with Gasteiger partial charge in [-0.05, 0) is 13.8 Å². The molecule has 0 atom stereocenters. The van der Waals surface area contributed by atoms with Crippen LogP contribution in [0.1, 0.15) is 144 Å². The third-order valence-electron chi connectivity index (χ3n) is 7.94. The molecule has 74 heavy (non-hydrogen) atoms. The summed E-state index contributed by atoms with van der Waals surface area (Å²) in [5.74, 6) is 1.93. The molecule has 1 saturated carbocycles. The fourth-order valence-electron chi connectivity index (χ4n) is 3.91. The SMILES string of the molecule is CC(C)Oc1ccccc1[CH]=[Ru]([Cl])[Cl].CC(C)c1cccc(C(C)C)c1[N]=[Mo]=[CH]C(C)(C)C.CC(O)(C(F)(F)F)C(F)(F)F.CC(O)(C(F)(F)F)C(F)(F)F.C[CH]=[Ru]([Cl])[Cl].C[CH]=[Ru]([Cl])[Cl].[CH-]1CCCC1.[CH3-].[CH3-].[CH3-].[CH3-]. The normalized spacial score (nSPS) is 12.8. The Labute approximate surface area is 483 Å². The smallest absolute Gasteiger partial charge is 0.0829 e. The summed E-state index contributed by atoms with van der Waals surface area (Å²) >= 11 is -4.91. The Hall–Kier alpha value is 0.898. The molecule has 1 aliphatic carbocycles. The third-order valence-corrected chi connectivity index (χ3v) is 17.7. The van der Waals surface area contributed by atoms with E-state index in [0.717, 1.165) is 11.3 Å². The van der Waals surface area contributed by atoms with Crippen molar-refractivity contribution in [2.75, 3.05) is 0 Å². The molecule has 0 spiro atoms. The van der Waals surface area contributed by atoms with Gasteiger partial charge in [0.05, 0.1) is 0 Å². The first kappa shape index (κ1) is 91.4. The van der Waals surface area contributed by atoms with E-state index in [4.69, 9.17) is 76.6 Å². The minimum absolute atomic E-state index is 0. The number of ether oxygens (including phenoxy) is 1. The molecule has 0 saturated heterocycles. The van der Waals surface area contributed by atoms with Gasteiger partial charge in [0.1, 0.15) is 0 Å². The van der Waals surface area contributed by atoms with Gasteiger partial charge in [0.2, 0.25) is 0 Å². The van der Waals surface area contributed by atoms with Gasteiger partial charge in [0.25, 0.3) is 11.2 Å². The molecule has 2 N–H and O–H groups in total. The van der Waals surface area contributed by atoms with Crippen LogP contribution in [0.2, 0.25) is 0 Å². The molecule has 0 heterocycles. The van der Waals surface area contributed by atoms with Crippen LogP contribution in [0.25, 0.3) is 0 Å². The molecule has 452 valence electrons. The van der Waals surface area contributed by atoms with Gasteiger partial charge >= 0.3 is 338 Å². The molecule has 3 rings (SSSR count). The van der Waals surface area contributed by atoms with E-state index in [9.17, 15) is 52.7 Å². The van der Waals surface area contributed by atoms with Crippen molar-refractivity contribution in [2.45, 2.75) is 170 Å². The van der Waals surface area contributed by atoms with Crippen molar-refractivity contribution in [2.24, 2.45) is 8.91 Å². The van der Waals surface area contributed by atoms with E-state index < -0.39 is 94.4 Å². The number of alkyl halides is 12. The molecule has 4 nitrogen and oxygen atoms in total. The van der Waals surface area contributed by atoms with Crippen molar-refractivity contribution in [1.29, 1.82) is 0 Å². The maximum Gasteiger partial charge on any atom is -0.0829 e. The van der Waals surface area contributed by atoms with Gasteiger partial charge < -0.3 is 46.3 Å². The first-order valence-corrected chi connectivity index (χ1v) is 38.9. The molecular weight excluding hydrogens is 1480 g/mol. The van der Waals surface area contributed by atoms with Crippen LogP contribution in [0, 0.1) is 41.5 Å². The summed E-state index contributed by atoms with van der Waals surface area (Å²) in [6, 6.07) is 14.4. The number of halogens is 18. The Kier molecular flexibility index (Phi) is 53.9. The molecule has 1 fully saturated rings. The second kappa shape index (κ2) is 43.6. The van der Waals surface area contributed by atoms with Gasteiger partial charge in [-0.2, -0.15) is 65.5 Å². The van der Waals surface area contributed by atoms with Crippen LogP contribution in [0.5, 0.6) is 5.75 Å². The summed E-state index contributed by atoms with van der Waals surface area (Å²) < 4.78 is 155. The van der Waals surface area contributed by atoms with E-state index in [0.29, 0.717) is 11.8 Å². The van der Waals surface area contributed by atoms with Crippen molar-refractivity contribution in [1.82, 2.24) is 0 Å². The number of para-hydroxylation sites is 1. The number of nitrogens with zero attached hydrogens (tertiary/aromatic N) is 1. The molecule has 0 unspecified atom stereocenters. The van der Waals surface area contributed by atoms with E-state index >= 15 is 0 Å². The van der Waals surface area contributed by atoms with Gasteiger partial charge in [-0.3, -0.25) is 0 Å². The van der Waals surface area contributed by atoms with Crippen LogP contribution in [0.15, 0.2) is 46.0 Å². The molecule has 1 aliphatic rings. The van der Waals surface area contributed by atoms with Crippen molar-refractivity contribution in [3.8, 4) is 5.75 Å². The molecule has 2 aromatic carbocycles. The van der Waals surface area contributed by atoms with Gasteiger partial charge in [0, 0.05) is 0 Å². The Morgan fingerprint density at radius 1 is 0.581 bits per heavy atom. The Morgan fingerprint density at radius 3 is 1.12 bits per heavy atom. The van der Waals surface area contributed by atoms with Crippen LogP contribution >= 0.6 is 58.1 Å². The summed E-state index contributed by atoms with van der Waals surface area (Å²) in [7, 11) is 32.9. The van der Waals surface area contributed by atoms with Crippen LogP contribution < -0.4 is 4.74 Å². The van der Waals surface area contributed by atoms with Crippen LogP contribution in [-0.2, 0) is 58.5 Å². The van der Waals surface area contributed by atoms with Crippen molar-refractivity contribution in [3.05, 3.63) is 95.3 Å². The largest absolute Gasteiger partial charge is 0.358 e. The first-order chi connectivity index (χ1) is 31.4. The molecule has 0 amide bonds. The van der Waals surface area contributed by atoms with Gasteiger partial charge in [-0.1, -0.05) is 12.8 Å². The van der Waals surface area contributed by atoms with Crippen LogP contribution in [0.4, 0.5) is 58.4 Å². The summed E-state index contributed by atoms with van der Waals surface area (Å²) in [5, 5.41) is 15.9. The minimum atomic E-state index is -5.69. The fourth-order valence-corrected chi connectivity index (χ4v) is 7.40. The van der Waals surface area contributed by atoms with Crippen LogP contribution in [-0.4, -0.2) is 70.5 Å². The monoisotopic (exact) mass is 1560 g/mol. The fraction of sp³-hybridized carbons (Fsp3) is 0.562. The summed E-state index contributed by atoms with van der Waals surface area (Å²) in [4.78, 5) is 0. The average molecular weight is 1550 g/mol. The zero-order chi connectivity index (χ0) is 56.3. The predicted octanol–water partition coefficient (Wildman–Crippen LogP) is 20.0. The molecule has 0 aromatic heterocycles. The van der Waals surface area contributed by atoms with Gasteiger partial charge in [0.15, 0.2) is 0 Å². The maximum absolute atomic E-state index is 11.4. The molecule has 0 radical (unpaired) electrons. The predicted molar refractivity (Wildman–Crippen MR) is 282 cm³/mol. The van der Waals surface area contributed by atoms with Crippen molar-refractivity contribution in [3.63, 3.8) is 0 Å². The van der Waals surface area contributed by atoms with E-state index in [1.165, 1.54) is 42.5 Å². The van der Waals surface area contributed by atoms with E-state index in [1.807, 2.05) is 65.8 Å². The molecule has 2 aromatic rings. The molecule has 0 aliphatic heterocycles. The standard InChI is InChI=1S/C12H17N.C10H12O.C5H9.C5H10.2C4H4F6O.2C2H4.4CH3.6ClH.Mo.3Ru/c1-8(2)10-6-5-7-11(9(3)4)12(10)13;1-8(2)11-10-7-5-4-6-9(10)3;1-2-4-5-3-1;1-5(2,3)4;2*1-2(11,3(5,6)7)4(8,9)10;2*1-2;;;;;;;;;;;;;;/h5-9H,1-4H3;3-8H,1-2H3;1H,2-5H2;1H,2-4H3;2*11H,1H3;2*1H,2H3;4*1H3;6*1H;;;;/q;;-1;;;;;;4*-1;;;;;;;;3*+2/p-6. The van der Waals surface area contributed by atoms with Gasteiger partial charge in [-0.15, -0.1) is 0 Å². The second-order valence-electron chi connectivity index (χ2n) is 16.3. The molecule has 26 heteroatoms. The quantitative estimate of drug-likeness (QED) is 0.172. The molecular formula is C48H76Cl6F12MoNO3Ru3-5. The Morgan fingerprint density at radius 2 is 0.905 bits per heavy atom. The van der Waals surface area contributed by atoms with Crippen molar-refractivity contribution >= 4 is 82.1 Å². The second-order valence-corrected chi connectivity index (χ2v) is 36.0. The molecule has 0 bridgehead atoms. The van der Waals surface area contributed by atoms with E-state index in [-0.39, 0.29) is 55.1 Å². The van der Waals surface area contributed by atoms with E-state index in [2.05, 4.69) is 77.5 Å². The Bertz CT molecular complexity index is 1820. The summed E-state index contributed by atoms with van der Waals surface area (Å²) in [6.07, 6.45) is -14.6. The maximum atomic E-state index is 11.4. The third kappa shape index (κ3) is 42.7. The number of aliphatic hydroxyl groups is 2. The zero-order valence-corrected chi connectivity index (χ0v) is 56.3. The van der Waals surface area contributed by atoms with Gasteiger partial charge in [-0.25, -0.2) is 0 Å². The summed E-state index contributed by atoms with van der Waals surface area (Å²) in [6.45, 7) is 22.8. The van der Waals surface area contributed by atoms with Crippen molar-refractivity contribution < 1.29 is 126 Å². The summed E-state index contributed by atoms with van der Waals surface area (Å²) in [5.41, 5.74) is -3.89. The number of benzene rings is 2. The first-order valence-electron chi connectivity index (χ1n) is 20.4. The topological polar surface area (TPSA) is 62.0 Å². The zero-order valence-electron chi connectivity index (χ0n) is 44.5. The average Bonchev–Trinajstić information content (AvgIpc) is 3.78.